The summed E-state index contributed by atoms with van der Waals surface area (Å²) in [6.45, 7) is 8.45. The number of nitriles is 1. The van der Waals surface area contributed by atoms with E-state index in [2.05, 4.69) is 56.2 Å². The third kappa shape index (κ3) is 4.48. The minimum Gasteiger partial charge on any atom is -0.309 e. The first-order valence-corrected chi connectivity index (χ1v) is 13.0. The number of fused-ring (bicyclic) bond motifs is 2. The van der Waals surface area contributed by atoms with Gasteiger partial charge in [-0.15, -0.1) is 0 Å². The summed E-state index contributed by atoms with van der Waals surface area (Å²) in [5, 5.41) is 17.6. The summed E-state index contributed by atoms with van der Waals surface area (Å²) >= 11 is 0. The van der Waals surface area contributed by atoms with E-state index in [-0.39, 0.29) is 11.6 Å². The first-order chi connectivity index (χ1) is 18.4. The van der Waals surface area contributed by atoms with Crippen molar-refractivity contribution >= 4 is 22.7 Å². The molecule has 6 rings (SSSR count). The largest absolute Gasteiger partial charge is 0.309 e. The zero-order chi connectivity index (χ0) is 26.4. The molecular formula is C28H30FN9. The SMILES string of the molecule is CC(C)c1c2cc(-c3nc(Nc4ccc5c(n4)CCN(C4CN(CC#N)C4)C5)ncc3F)ccc2nn1C. The number of aromatic nitrogens is 5. The number of likely N-dealkylation sites (tertiary alicyclic amines) is 1. The molecular weight excluding hydrogens is 481 g/mol. The summed E-state index contributed by atoms with van der Waals surface area (Å²) in [6, 6.07) is 12.5. The van der Waals surface area contributed by atoms with Crippen molar-refractivity contribution in [2.45, 2.75) is 38.8 Å². The number of aryl methyl sites for hydroxylation is 1. The average Bonchev–Trinajstić information content (AvgIpc) is 3.22. The Kier molecular flexibility index (Phi) is 6.26. The molecule has 0 radical (unpaired) electrons. The predicted molar refractivity (Wildman–Crippen MR) is 143 cm³/mol. The lowest BCUT2D eigenvalue weighted by Crippen LogP contribution is -2.60. The maximum atomic E-state index is 14.9. The Morgan fingerprint density at radius 1 is 1.18 bits per heavy atom. The number of nitrogens with zero attached hydrogens (tertiary/aromatic N) is 8. The molecule has 0 bridgehead atoms. The van der Waals surface area contributed by atoms with Gasteiger partial charge in [-0.05, 0) is 29.7 Å². The molecule has 9 nitrogen and oxygen atoms in total. The molecule has 194 valence electrons. The van der Waals surface area contributed by atoms with E-state index < -0.39 is 5.82 Å². The van der Waals surface area contributed by atoms with Gasteiger partial charge >= 0.3 is 0 Å². The lowest BCUT2D eigenvalue weighted by atomic mass is 10.00. The molecule has 0 aliphatic carbocycles. The van der Waals surface area contributed by atoms with E-state index in [1.165, 1.54) is 11.8 Å². The van der Waals surface area contributed by atoms with Crippen LogP contribution in [0.25, 0.3) is 22.2 Å². The Balaban J connectivity index is 1.20. The predicted octanol–water partition coefficient (Wildman–Crippen LogP) is 4.00. The molecule has 2 aliphatic rings. The fourth-order valence-electron chi connectivity index (χ4n) is 5.62. The van der Waals surface area contributed by atoms with Gasteiger partial charge in [-0.2, -0.15) is 10.4 Å². The van der Waals surface area contributed by atoms with E-state index >= 15 is 0 Å². The fourth-order valence-corrected chi connectivity index (χ4v) is 5.62. The number of hydrogen-bond acceptors (Lipinski definition) is 8. The van der Waals surface area contributed by atoms with Gasteiger partial charge in [0.15, 0.2) is 5.82 Å². The third-order valence-electron chi connectivity index (χ3n) is 7.51. The zero-order valence-corrected chi connectivity index (χ0v) is 21.8. The van der Waals surface area contributed by atoms with Crippen molar-refractivity contribution < 1.29 is 4.39 Å². The minimum absolute atomic E-state index is 0.238. The normalized spacial score (nSPS) is 16.4. The first-order valence-electron chi connectivity index (χ1n) is 13.0. The van der Waals surface area contributed by atoms with Crippen LogP contribution in [0.3, 0.4) is 0 Å². The van der Waals surface area contributed by atoms with Crippen molar-refractivity contribution in [2.75, 3.05) is 31.5 Å². The van der Waals surface area contributed by atoms with Crippen LogP contribution in [0.4, 0.5) is 16.2 Å². The van der Waals surface area contributed by atoms with Crippen LogP contribution < -0.4 is 5.32 Å². The second kappa shape index (κ2) is 9.74. The van der Waals surface area contributed by atoms with E-state index in [1.807, 2.05) is 36.0 Å². The monoisotopic (exact) mass is 511 g/mol. The Labute approximate surface area is 220 Å². The number of hydrogen-bond donors (Lipinski definition) is 1. The standard InChI is InChI=1S/C28H30FN9/c1-17(2)27-21-12-18(4-6-24(21)35-36(27)3)26-22(29)13-31-28(34-26)33-25-7-5-19-14-38(10-8-23(19)32-25)20-15-37(16-20)11-9-30/h4-7,12-13,17,20H,8,10-11,14-16H2,1-3H3,(H,31,32,33,34). The second-order valence-corrected chi connectivity index (χ2v) is 10.4. The summed E-state index contributed by atoms with van der Waals surface area (Å²) in [6.07, 6.45) is 2.06. The summed E-state index contributed by atoms with van der Waals surface area (Å²) in [4.78, 5) is 18.1. The molecule has 0 saturated carbocycles. The number of nitrogens with one attached hydrogen (secondary N) is 1. The molecule has 2 aliphatic heterocycles. The van der Waals surface area contributed by atoms with Crippen LogP contribution in [-0.4, -0.2) is 66.8 Å². The highest BCUT2D eigenvalue weighted by atomic mass is 19.1. The number of pyridine rings is 1. The summed E-state index contributed by atoms with van der Waals surface area (Å²) in [5.41, 5.74) is 5.17. The molecule has 1 fully saturated rings. The maximum absolute atomic E-state index is 14.9. The van der Waals surface area contributed by atoms with Crippen LogP contribution in [0.5, 0.6) is 0 Å². The summed E-state index contributed by atoms with van der Waals surface area (Å²) in [5.74, 6) is 0.742. The Morgan fingerprint density at radius 3 is 2.82 bits per heavy atom. The zero-order valence-electron chi connectivity index (χ0n) is 21.8. The van der Waals surface area contributed by atoms with Crippen LogP contribution in [0, 0.1) is 17.1 Å². The molecule has 0 amide bonds. The molecule has 1 saturated heterocycles. The second-order valence-electron chi connectivity index (χ2n) is 10.4. The molecule has 1 aromatic carbocycles. The van der Waals surface area contributed by atoms with Gasteiger partial charge < -0.3 is 5.32 Å². The van der Waals surface area contributed by atoms with Crippen LogP contribution >= 0.6 is 0 Å². The number of anilines is 2. The lowest BCUT2D eigenvalue weighted by Gasteiger charge is -2.46. The van der Waals surface area contributed by atoms with Crippen molar-refractivity contribution in [3.8, 4) is 17.3 Å². The Morgan fingerprint density at radius 2 is 2.03 bits per heavy atom. The Bertz CT molecular complexity index is 1550. The first kappa shape index (κ1) is 24.4. The molecule has 38 heavy (non-hydrogen) atoms. The highest BCUT2D eigenvalue weighted by Gasteiger charge is 2.33. The minimum atomic E-state index is -0.479. The van der Waals surface area contributed by atoms with Crippen LogP contribution in [0.15, 0.2) is 36.5 Å². The van der Waals surface area contributed by atoms with Crippen LogP contribution in [0.2, 0.25) is 0 Å². The smallest absolute Gasteiger partial charge is 0.229 e. The van der Waals surface area contributed by atoms with E-state index in [1.54, 1.807) is 0 Å². The van der Waals surface area contributed by atoms with Gasteiger partial charge in [0.1, 0.15) is 11.5 Å². The number of halogens is 1. The summed E-state index contributed by atoms with van der Waals surface area (Å²) in [7, 11) is 1.93. The lowest BCUT2D eigenvalue weighted by molar-refractivity contribution is 0.0343. The van der Waals surface area contributed by atoms with Crippen molar-refractivity contribution in [3.05, 3.63) is 59.3 Å². The van der Waals surface area contributed by atoms with Gasteiger partial charge in [0, 0.05) is 68.0 Å². The number of benzene rings is 1. The molecule has 10 heteroatoms. The van der Waals surface area contributed by atoms with Crippen LogP contribution in [0.1, 0.15) is 36.7 Å². The topological polar surface area (TPSA) is 98.8 Å². The molecule has 0 spiro atoms. The molecule has 5 heterocycles. The van der Waals surface area contributed by atoms with E-state index in [9.17, 15) is 4.39 Å². The van der Waals surface area contributed by atoms with Gasteiger partial charge in [0.2, 0.25) is 5.95 Å². The van der Waals surface area contributed by atoms with Gasteiger partial charge in [-0.25, -0.2) is 19.3 Å². The van der Waals surface area contributed by atoms with Gasteiger partial charge in [0.05, 0.1) is 24.3 Å². The quantitative estimate of drug-likeness (QED) is 0.388. The number of rotatable bonds is 6. The van der Waals surface area contributed by atoms with Crippen molar-refractivity contribution in [1.82, 2.24) is 34.5 Å². The fraction of sp³-hybridized carbons (Fsp3) is 0.393. The molecule has 0 atom stereocenters. The Hall–Kier alpha value is -3.94. The summed E-state index contributed by atoms with van der Waals surface area (Å²) < 4.78 is 16.8. The highest BCUT2D eigenvalue weighted by Crippen LogP contribution is 2.31. The van der Waals surface area contributed by atoms with Crippen molar-refractivity contribution in [2.24, 2.45) is 7.05 Å². The van der Waals surface area contributed by atoms with E-state index in [0.717, 1.165) is 54.9 Å². The third-order valence-corrected chi connectivity index (χ3v) is 7.51. The van der Waals surface area contributed by atoms with E-state index in [4.69, 9.17) is 10.2 Å². The van der Waals surface area contributed by atoms with E-state index in [0.29, 0.717) is 29.9 Å². The average molecular weight is 512 g/mol. The van der Waals surface area contributed by atoms with Gasteiger partial charge in [-0.3, -0.25) is 14.5 Å². The molecule has 1 N–H and O–H groups in total. The van der Waals surface area contributed by atoms with Gasteiger partial charge in [-0.1, -0.05) is 26.0 Å². The molecule has 3 aromatic heterocycles. The van der Waals surface area contributed by atoms with Crippen LogP contribution in [-0.2, 0) is 20.0 Å². The molecule has 4 aromatic rings. The highest BCUT2D eigenvalue weighted by molar-refractivity contribution is 5.86. The molecule has 0 unspecified atom stereocenters. The maximum Gasteiger partial charge on any atom is 0.229 e. The van der Waals surface area contributed by atoms with Crippen molar-refractivity contribution in [1.29, 1.82) is 5.26 Å². The van der Waals surface area contributed by atoms with Crippen molar-refractivity contribution in [3.63, 3.8) is 0 Å². The van der Waals surface area contributed by atoms with Gasteiger partial charge in [0.25, 0.3) is 0 Å².